The Bertz CT molecular complexity index is 247. The lowest BCUT2D eigenvalue weighted by Gasteiger charge is -2.07. The minimum absolute atomic E-state index is 0.164. The molecule has 1 fully saturated rings. The number of rotatable bonds is 3. The van der Waals surface area contributed by atoms with Crippen LogP contribution in [0.25, 0.3) is 0 Å². The fraction of sp³-hybridized carbons (Fsp3) is 1.00. The van der Waals surface area contributed by atoms with E-state index >= 15 is 0 Å². The predicted molar refractivity (Wildman–Crippen MR) is 45.0 cm³/mol. The molecule has 2 atom stereocenters. The van der Waals surface area contributed by atoms with E-state index in [-0.39, 0.29) is 11.3 Å². The molecule has 1 saturated carbocycles. The second-order valence-corrected chi connectivity index (χ2v) is 5.98. The molecule has 4 heteroatoms. The first kappa shape index (κ1) is 9.00. The highest BCUT2D eigenvalue weighted by molar-refractivity contribution is 7.90. The van der Waals surface area contributed by atoms with Gasteiger partial charge >= 0.3 is 0 Å². The Kier molecular flexibility index (Phi) is 2.01. The summed E-state index contributed by atoms with van der Waals surface area (Å²) in [5.74, 6) is 0.734. The van der Waals surface area contributed by atoms with Gasteiger partial charge in [-0.25, -0.2) is 8.42 Å². The van der Waals surface area contributed by atoms with Crippen molar-refractivity contribution in [2.75, 3.05) is 12.0 Å². The van der Waals surface area contributed by atoms with Crippen molar-refractivity contribution >= 4 is 9.84 Å². The Morgan fingerprint density at radius 1 is 1.64 bits per heavy atom. The normalized spacial score (nSPS) is 37.2. The second kappa shape index (κ2) is 2.45. The molecule has 1 rings (SSSR count). The second-order valence-electron chi connectivity index (χ2n) is 3.72. The van der Waals surface area contributed by atoms with Gasteiger partial charge in [-0.1, -0.05) is 6.92 Å². The van der Waals surface area contributed by atoms with Crippen LogP contribution in [0, 0.1) is 5.92 Å². The lowest BCUT2D eigenvalue weighted by molar-refractivity contribution is 0.569. The highest BCUT2D eigenvalue weighted by atomic mass is 32.2. The molecular weight excluding hydrogens is 162 g/mol. The minimum Gasteiger partial charge on any atom is -0.325 e. The maximum Gasteiger partial charge on any atom is 0.147 e. The van der Waals surface area contributed by atoms with Crippen LogP contribution in [0.2, 0.25) is 0 Å². The van der Waals surface area contributed by atoms with E-state index in [0.717, 1.165) is 6.42 Å². The van der Waals surface area contributed by atoms with E-state index in [1.807, 2.05) is 0 Å². The molecule has 0 spiro atoms. The van der Waals surface area contributed by atoms with Crippen LogP contribution >= 0.6 is 0 Å². The zero-order valence-corrected chi connectivity index (χ0v) is 7.82. The van der Waals surface area contributed by atoms with Gasteiger partial charge in [0.1, 0.15) is 9.84 Å². The van der Waals surface area contributed by atoms with E-state index in [4.69, 9.17) is 5.73 Å². The molecule has 0 aromatic rings. The van der Waals surface area contributed by atoms with Gasteiger partial charge in [-0.15, -0.1) is 0 Å². The van der Waals surface area contributed by atoms with E-state index in [1.54, 1.807) is 0 Å². The maximum atomic E-state index is 10.8. The van der Waals surface area contributed by atoms with Gasteiger partial charge in [-0.2, -0.15) is 0 Å². The van der Waals surface area contributed by atoms with Crippen molar-refractivity contribution in [1.29, 1.82) is 0 Å². The van der Waals surface area contributed by atoms with Crippen molar-refractivity contribution < 1.29 is 8.42 Å². The third-order valence-electron chi connectivity index (χ3n) is 2.45. The highest BCUT2D eigenvalue weighted by Crippen LogP contribution is 2.43. The van der Waals surface area contributed by atoms with Crippen LogP contribution in [0.5, 0.6) is 0 Å². The molecule has 0 radical (unpaired) electrons. The summed E-state index contributed by atoms with van der Waals surface area (Å²) in [4.78, 5) is 0. The molecule has 2 N–H and O–H groups in total. The summed E-state index contributed by atoms with van der Waals surface area (Å²) in [6.07, 6.45) is 2.85. The zero-order chi connectivity index (χ0) is 8.70. The first-order valence-electron chi connectivity index (χ1n) is 3.80. The van der Waals surface area contributed by atoms with E-state index in [2.05, 4.69) is 6.92 Å². The van der Waals surface area contributed by atoms with Crippen LogP contribution in [0.3, 0.4) is 0 Å². The first-order valence-corrected chi connectivity index (χ1v) is 5.86. The van der Waals surface area contributed by atoms with Crippen molar-refractivity contribution in [3.8, 4) is 0 Å². The quantitative estimate of drug-likeness (QED) is 0.668. The molecule has 0 aromatic carbocycles. The molecule has 0 saturated heterocycles. The van der Waals surface area contributed by atoms with Gasteiger partial charge in [-0.3, -0.25) is 0 Å². The van der Waals surface area contributed by atoms with Gasteiger partial charge in [0.15, 0.2) is 0 Å². The Hall–Kier alpha value is -0.0900. The molecule has 11 heavy (non-hydrogen) atoms. The standard InChI is InChI=1S/C7H15NO2S/c1-6-5-7(6,8)3-4-11(2,9)10/h6H,3-5,8H2,1-2H3. The summed E-state index contributed by atoms with van der Waals surface area (Å²) in [6.45, 7) is 2.06. The molecular formula is C7H15NO2S. The Labute approximate surface area is 67.9 Å². The Balaban J connectivity index is 2.35. The van der Waals surface area contributed by atoms with Crippen molar-refractivity contribution in [2.45, 2.75) is 25.3 Å². The minimum atomic E-state index is -2.82. The molecule has 0 aromatic heterocycles. The van der Waals surface area contributed by atoms with E-state index in [1.165, 1.54) is 6.26 Å². The molecule has 2 unspecified atom stereocenters. The molecule has 0 aliphatic heterocycles. The van der Waals surface area contributed by atoms with Crippen molar-refractivity contribution in [3.05, 3.63) is 0 Å². The largest absolute Gasteiger partial charge is 0.325 e. The number of sulfone groups is 1. The van der Waals surface area contributed by atoms with E-state index in [9.17, 15) is 8.42 Å². The van der Waals surface area contributed by atoms with Crippen molar-refractivity contribution in [3.63, 3.8) is 0 Å². The number of hydrogen-bond donors (Lipinski definition) is 1. The molecule has 0 heterocycles. The zero-order valence-electron chi connectivity index (χ0n) is 7.00. The summed E-state index contributed by atoms with van der Waals surface area (Å²) in [5, 5.41) is 0. The third-order valence-corrected chi connectivity index (χ3v) is 3.39. The third kappa shape index (κ3) is 2.45. The topological polar surface area (TPSA) is 60.2 Å². The van der Waals surface area contributed by atoms with Crippen LogP contribution in [0.1, 0.15) is 19.8 Å². The number of hydrogen-bond acceptors (Lipinski definition) is 3. The molecule has 66 valence electrons. The molecule has 1 aliphatic rings. The van der Waals surface area contributed by atoms with Crippen LogP contribution in [0.15, 0.2) is 0 Å². The molecule has 0 amide bonds. The van der Waals surface area contributed by atoms with Gasteiger partial charge in [0.25, 0.3) is 0 Å². The van der Waals surface area contributed by atoms with Gasteiger partial charge < -0.3 is 5.73 Å². The molecule has 3 nitrogen and oxygen atoms in total. The summed E-state index contributed by atoms with van der Waals surface area (Å²) in [5.41, 5.74) is 5.67. The summed E-state index contributed by atoms with van der Waals surface area (Å²) >= 11 is 0. The smallest absolute Gasteiger partial charge is 0.147 e. The average molecular weight is 177 g/mol. The first-order chi connectivity index (χ1) is 4.83. The van der Waals surface area contributed by atoms with E-state index < -0.39 is 9.84 Å². The molecule has 1 aliphatic carbocycles. The van der Waals surface area contributed by atoms with Crippen LogP contribution in [0.4, 0.5) is 0 Å². The Morgan fingerprint density at radius 2 is 2.09 bits per heavy atom. The van der Waals surface area contributed by atoms with Gasteiger partial charge in [-0.05, 0) is 18.8 Å². The highest BCUT2D eigenvalue weighted by Gasteiger charge is 2.47. The summed E-state index contributed by atoms with van der Waals surface area (Å²) < 4.78 is 21.5. The molecule has 0 bridgehead atoms. The monoisotopic (exact) mass is 177 g/mol. The van der Waals surface area contributed by atoms with Gasteiger partial charge in [0.05, 0.1) is 5.75 Å². The number of nitrogens with two attached hydrogens (primary N) is 1. The van der Waals surface area contributed by atoms with Crippen LogP contribution < -0.4 is 5.73 Å². The fourth-order valence-electron chi connectivity index (χ4n) is 1.24. The summed E-state index contributed by atoms with van der Waals surface area (Å²) in [7, 11) is -2.82. The van der Waals surface area contributed by atoms with Crippen LogP contribution in [-0.2, 0) is 9.84 Å². The lowest BCUT2D eigenvalue weighted by Crippen LogP contribution is -2.27. The van der Waals surface area contributed by atoms with E-state index in [0.29, 0.717) is 12.3 Å². The lowest BCUT2D eigenvalue weighted by atomic mass is 10.2. The SMILES string of the molecule is CC1CC1(N)CCS(C)(=O)=O. The van der Waals surface area contributed by atoms with Crippen molar-refractivity contribution in [1.82, 2.24) is 0 Å². The maximum absolute atomic E-state index is 10.8. The average Bonchev–Trinajstić information content (AvgIpc) is 2.36. The van der Waals surface area contributed by atoms with Crippen molar-refractivity contribution in [2.24, 2.45) is 11.7 Å². The fourth-order valence-corrected chi connectivity index (χ4v) is 1.99. The van der Waals surface area contributed by atoms with Gasteiger partial charge in [0.2, 0.25) is 0 Å². The summed E-state index contributed by atoms with van der Waals surface area (Å²) in [6, 6.07) is 0. The predicted octanol–water partition coefficient (Wildman–Crippen LogP) is 0.158. The van der Waals surface area contributed by atoms with Gasteiger partial charge in [0, 0.05) is 11.8 Å². The van der Waals surface area contributed by atoms with Crippen LogP contribution in [-0.4, -0.2) is 26.0 Å². The Morgan fingerprint density at radius 3 is 2.36 bits per heavy atom.